The van der Waals surface area contributed by atoms with E-state index in [9.17, 15) is 0 Å². The Morgan fingerprint density at radius 1 is 0.708 bits per heavy atom. The van der Waals surface area contributed by atoms with Crippen molar-refractivity contribution in [3.05, 3.63) is 84.7 Å². The van der Waals surface area contributed by atoms with Crippen LogP contribution in [0.15, 0.2) is 79.1 Å². The van der Waals surface area contributed by atoms with Gasteiger partial charge in [-0.25, -0.2) is 4.98 Å². The maximum Gasteiger partial charge on any atom is 0.100 e. The molecule has 4 aromatic carbocycles. The highest BCUT2D eigenvalue weighted by Gasteiger charge is 2.06. The Kier molecular flexibility index (Phi) is 2.74. The third kappa shape index (κ3) is 2.00. The highest BCUT2D eigenvalue weighted by Crippen LogP contribution is 2.26. The van der Waals surface area contributed by atoms with Gasteiger partial charge in [-0.05, 0) is 70.4 Å². The maximum atomic E-state index is 4.53. The topological polar surface area (TPSA) is 17.8 Å². The predicted molar refractivity (Wildman–Crippen MR) is 101 cm³/mol. The molecule has 114 valence electrons. The molecule has 0 bridgehead atoms. The molecule has 2 nitrogen and oxygen atoms in total. The van der Waals surface area contributed by atoms with Crippen molar-refractivity contribution < 1.29 is 0 Å². The zero-order valence-corrected chi connectivity index (χ0v) is 13.4. The molecule has 2 heteroatoms. The second-order valence-corrected chi connectivity index (χ2v) is 6.34. The molecule has 0 unspecified atom stereocenters. The molecular formula is C22H16N2. The van der Waals surface area contributed by atoms with Crippen LogP contribution in [0.2, 0.25) is 0 Å². The number of benzene rings is 4. The van der Waals surface area contributed by atoms with E-state index in [1.807, 2.05) is 6.33 Å². The van der Waals surface area contributed by atoms with Gasteiger partial charge in [0.15, 0.2) is 0 Å². The Morgan fingerprint density at radius 3 is 2.29 bits per heavy atom. The monoisotopic (exact) mass is 308 g/mol. The smallest absolute Gasteiger partial charge is 0.100 e. The molecule has 5 aromatic rings. The van der Waals surface area contributed by atoms with E-state index in [1.54, 1.807) is 0 Å². The van der Waals surface area contributed by atoms with Crippen LogP contribution in [0.3, 0.4) is 0 Å². The van der Waals surface area contributed by atoms with Crippen molar-refractivity contribution in [3.8, 4) is 5.69 Å². The van der Waals surface area contributed by atoms with Crippen LogP contribution in [0.1, 0.15) is 5.56 Å². The van der Waals surface area contributed by atoms with Gasteiger partial charge in [-0.1, -0.05) is 36.4 Å². The van der Waals surface area contributed by atoms with Crippen molar-refractivity contribution in [2.45, 2.75) is 6.92 Å². The summed E-state index contributed by atoms with van der Waals surface area (Å²) in [5, 5.41) is 5.06. The summed E-state index contributed by atoms with van der Waals surface area (Å²) in [7, 11) is 0. The summed E-state index contributed by atoms with van der Waals surface area (Å²) in [6.45, 7) is 2.11. The van der Waals surface area contributed by atoms with E-state index >= 15 is 0 Å². The van der Waals surface area contributed by atoms with Gasteiger partial charge in [-0.3, -0.25) is 4.57 Å². The van der Waals surface area contributed by atoms with E-state index in [4.69, 9.17) is 0 Å². The Bertz CT molecular complexity index is 1210. The molecule has 0 saturated carbocycles. The van der Waals surface area contributed by atoms with Crippen LogP contribution in [-0.4, -0.2) is 9.55 Å². The second-order valence-electron chi connectivity index (χ2n) is 6.34. The van der Waals surface area contributed by atoms with Crippen molar-refractivity contribution in [1.82, 2.24) is 9.55 Å². The first-order chi connectivity index (χ1) is 11.8. The summed E-state index contributed by atoms with van der Waals surface area (Å²) < 4.78 is 2.16. The lowest BCUT2D eigenvalue weighted by Gasteiger charge is -2.08. The molecule has 1 heterocycles. The SMILES string of the molecule is Cc1ccc2ncn(-c3ccc4cc5ccccc5cc4c3)c2c1. The molecule has 0 radical (unpaired) electrons. The number of nitrogens with zero attached hydrogens (tertiary/aromatic N) is 2. The van der Waals surface area contributed by atoms with Gasteiger partial charge < -0.3 is 0 Å². The first kappa shape index (κ1) is 13.3. The molecule has 1 aromatic heterocycles. The van der Waals surface area contributed by atoms with Crippen molar-refractivity contribution in [3.63, 3.8) is 0 Å². The normalized spacial score (nSPS) is 11.5. The largest absolute Gasteiger partial charge is 0.299 e. The number of fused-ring (bicyclic) bond motifs is 3. The lowest BCUT2D eigenvalue weighted by Crippen LogP contribution is -1.92. The first-order valence-corrected chi connectivity index (χ1v) is 8.15. The Morgan fingerprint density at radius 2 is 1.46 bits per heavy atom. The fourth-order valence-electron chi connectivity index (χ4n) is 3.40. The maximum absolute atomic E-state index is 4.53. The summed E-state index contributed by atoms with van der Waals surface area (Å²) in [4.78, 5) is 4.53. The van der Waals surface area contributed by atoms with E-state index in [-0.39, 0.29) is 0 Å². The number of rotatable bonds is 1. The number of hydrogen-bond acceptors (Lipinski definition) is 1. The average Bonchev–Trinajstić information content (AvgIpc) is 3.02. The van der Waals surface area contributed by atoms with Crippen LogP contribution < -0.4 is 0 Å². The van der Waals surface area contributed by atoms with Crippen LogP contribution in [-0.2, 0) is 0 Å². The first-order valence-electron chi connectivity index (χ1n) is 8.15. The number of aromatic nitrogens is 2. The van der Waals surface area contributed by atoms with E-state index in [2.05, 4.69) is 89.3 Å². The van der Waals surface area contributed by atoms with Gasteiger partial charge in [0.25, 0.3) is 0 Å². The minimum Gasteiger partial charge on any atom is -0.299 e. The summed E-state index contributed by atoms with van der Waals surface area (Å²) >= 11 is 0. The van der Waals surface area contributed by atoms with Crippen LogP contribution in [0.4, 0.5) is 0 Å². The molecule has 0 aliphatic carbocycles. The highest BCUT2D eigenvalue weighted by molar-refractivity contribution is 5.99. The van der Waals surface area contributed by atoms with Gasteiger partial charge in [0.2, 0.25) is 0 Å². The van der Waals surface area contributed by atoms with Gasteiger partial charge in [-0.2, -0.15) is 0 Å². The molecule has 0 aliphatic heterocycles. The summed E-state index contributed by atoms with van der Waals surface area (Å²) in [5.74, 6) is 0. The van der Waals surface area contributed by atoms with Gasteiger partial charge in [0.05, 0.1) is 11.0 Å². The second kappa shape index (κ2) is 4.93. The van der Waals surface area contributed by atoms with Crippen molar-refractivity contribution >= 4 is 32.6 Å². The van der Waals surface area contributed by atoms with Gasteiger partial charge in [0, 0.05) is 5.69 Å². The van der Waals surface area contributed by atoms with Crippen LogP contribution in [0.25, 0.3) is 38.3 Å². The van der Waals surface area contributed by atoms with Crippen LogP contribution in [0, 0.1) is 6.92 Å². The standard InChI is InChI=1S/C22H16N2/c1-15-6-9-21-22(10-15)24(14-23-21)20-8-7-18-11-16-4-2-3-5-17(16)12-19(18)13-20/h2-14H,1H3. The molecule has 24 heavy (non-hydrogen) atoms. The molecule has 0 N–H and O–H groups in total. The Labute approximate surface area is 140 Å². The zero-order valence-electron chi connectivity index (χ0n) is 13.4. The number of aryl methyl sites for hydroxylation is 1. The molecule has 0 fully saturated rings. The quantitative estimate of drug-likeness (QED) is 0.366. The van der Waals surface area contributed by atoms with Crippen LogP contribution >= 0.6 is 0 Å². The molecule has 0 amide bonds. The average molecular weight is 308 g/mol. The van der Waals surface area contributed by atoms with E-state index in [0.717, 1.165) is 16.7 Å². The minimum absolute atomic E-state index is 1.03. The summed E-state index contributed by atoms with van der Waals surface area (Å²) in [6.07, 6.45) is 1.91. The Hall–Kier alpha value is -3.13. The molecule has 0 saturated heterocycles. The number of hydrogen-bond donors (Lipinski definition) is 0. The molecule has 0 atom stereocenters. The molecule has 5 rings (SSSR count). The highest BCUT2D eigenvalue weighted by atomic mass is 15.0. The Balaban J connectivity index is 1.76. The van der Waals surface area contributed by atoms with Crippen LogP contribution in [0.5, 0.6) is 0 Å². The van der Waals surface area contributed by atoms with Crippen molar-refractivity contribution in [2.75, 3.05) is 0 Å². The van der Waals surface area contributed by atoms with Gasteiger partial charge in [-0.15, -0.1) is 0 Å². The minimum atomic E-state index is 1.03. The van der Waals surface area contributed by atoms with E-state index in [0.29, 0.717) is 0 Å². The lowest BCUT2D eigenvalue weighted by atomic mass is 10.0. The fraction of sp³-hybridized carbons (Fsp3) is 0.0455. The lowest BCUT2D eigenvalue weighted by molar-refractivity contribution is 1.09. The van der Waals surface area contributed by atoms with Crippen molar-refractivity contribution in [1.29, 1.82) is 0 Å². The van der Waals surface area contributed by atoms with Gasteiger partial charge in [0.1, 0.15) is 6.33 Å². The molecule has 0 spiro atoms. The molecular weight excluding hydrogens is 292 g/mol. The van der Waals surface area contributed by atoms with E-state index < -0.39 is 0 Å². The molecule has 0 aliphatic rings. The number of imidazole rings is 1. The third-order valence-electron chi connectivity index (χ3n) is 4.67. The van der Waals surface area contributed by atoms with Crippen molar-refractivity contribution in [2.24, 2.45) is 0 Å². The zero-order chi connectivity index (χ0) is 16.1. The predicted octanol–water partition coefficient (Wildman–Crippen LogP) is 5.64. The fourth-order valence-corrected chi connectivity index (χ4v) is 3.40. The van der Waals surface area contributed by atoms with E-state index in [1.165, 1.54) is 27.1 Å². The van der Waals surface area contributed by atoms with Gasteiger partial charge >= 0.3 is 0 Å². The summed E-state index contributed by atoms with van der Waals surface area (Å²) in [6, 6.07) is 26.0. The third-order valence-corrected chi connectivity index (χ3v) is 4.67. The summed E-state index contributed by atoms with van der Waals surface area (Å²) in [5.41, 5.74) is 4.57.